The van der Waals surface area contributed by atoms with Crippen molar-refractivity contribution in [3.63, 3.8) is 0 Å². The summed E-state index contributed by atoms with van der Waals surface area (Å²) in [5, 5.41) is 3.04. The van der Waals surface area contributed by atoms with Gasteiger partial charge in [0.1, 0.15) is 42.1 Å². The molecule has 35 heavy (non-hydrogen) atoms. The van der Waals surface area contributed by atoms with E-state index in [9.17, 15) is 4.79 Å². The molecule has 1 aliphatic heterocycles. The van der Waals surface area contributed by atoms with Crippen molar-refractivity contribution in [2.45, 2.75) is 45.1 Å². The monoisotopic (exact) mass is 467 g/mol. The zero-order chi connectivity index (χ0) is 23.8. The highest BCUT2D eigenvalue weighted by Crippen LogP contribution is 2.31. The number of hydrogen-bond donors (Lipinski definition) is 1. The minimum atomic E-state index is -0.0608. The molecule has 1 fully saturated rings. The number of aromatic nitrogens is 4. The smallest absolute Gasteiger partial charge is 0.251 e. The van der Waals surface area contributed by atoms with Gasteiger partial charge in [0.25, 0.3) is 5.91 Å². The summed E-state index contributed by atoms with van der Waals surface area (Å²) in [4.78, 5) is 26.2. The Balaban J connectivity index is 1.30. The van der Waals surface area contributed by atoms with Gasteiger partial charge in [0.2, 0.25) is 0 Å². The number of allylic oxidation sites excluding steroid dienone is 4. The Morgan fingerprint density at radius 3 is 2.94 bits per heavy atom. The Labute approximate surface area is 202 Å². The fourth-order valence-electron chi connectivity index (χ4n) is 4.26. The highest BCUT2D eigenvalue weighted by molar-refractivity contribution is 5.95. The second-order valence-electron chi connectivity index (χ2n) is 9.03. The lowest BCUT2D eigenvalue weighted by Crippen LogP contribution is -2.25. The standard InChI is InChI=1S/C27H25N5O3/c1-17-7-8-19(27(33)31-20-9-10-20)12-22(17)32-16-30-25-24(28-15-29-26(25)32)23-14-34-13-21(35-23)11-18-5-3-2-4-6-18/h2-3,5,7-8,12-16,20H,4,6,9-11H2,1H3,(H,31,33). The molecule has 1 amide bonds. The van der Waals surface area contributed by atoms with Gasteiger partial charge in [-0.3, -0.25) is 9.36 Å². The van der Waals surface area contributed by atoms with Crippen LogP contribution in [0.1, 0.15) is 53.7 Å². The SMILES string of the molecule is Cc1ccc(C(=O)NC2CC2)cc1-n1cnc2c(C3=COC=C(CC4=CC=CCC4)O3)ncnc21. The molecular formula is C27H25N5O3. The lowest BCUT2D eigenvalue weighted by molar-refractivity contribution is 0.0951. The number of hydrogen-bond acceptors (Lipinski definition) is 6. The fourth-order valence-corrected chi connectivity index (χ4v) is 4.26. The first kappa shape index (κ1) is 21.3. The molecule has 176 valence electrons. The van der Waals surface area contributed by atoms with Gasteiger partial charge >= 0.3 is 0 Å². The number of aryl methyl sites for hydroxylation is 1. The maximum atomic E-state index is 12.6. The first-order valence-electron chi connectivity index (χ1n) is 11.8. The lowest BCUT2D eigenvalue weighted by atomic mass is 10.0. The second kappa shape index (κ2) is 8.87. The fraction of sp³-hybridized carbons (Fsp3) is 0.259. The Bertz CT molecular complexity index is 1440. The normalized spacial score (nSPS) is 17.2. The van der Waals surface area contributed by atoms with Gasteiger partial charge in [0.15, 0.2) is 11.4 Å². The van der Waals surface area contributed by atoms with E-state index in [1.807, 2.05) is 29.7 Å². The van der Waals surface area contributed by atoms with Crippen molar-refractivity contribution in [1.82, 2.24) is 24.8 Å². The van der Waals surface area contributed by atoms with Crippen LogP contribution in [0.5, 0.6) is 0 Å². The number of carbonyl (C=O) groups excluding carboxylic acids is 1. The maximum Gasteiger partial charge on any atom is 0.251 e. The van der Waals surface area contributed by atoms with Gasteiger partial charge in [0, 0.05) is 18.0 Å². The number of nitrogens with zero attached hydrogens (tertiary/aromatic N) is 4. The molecule has 8 nitrogen and oxygen atoms in total. The van der Waals surface area contributed by atoms with Gasteiger partial charge in [0.05, 0.1) is 5.69 Å². The predicted octanol–water partition coefficient (Wildman–Crippen LogP) is 4.87. The van der Waals surface area contributed by atoms with E-state index in [2.05, 4.69) is 38.5 Å². The summed E-state index contributed by atoms with van der Waals surface area (Å²) in [5.41, 5.74) is 5.52. The lowest BCUT2D eigenvalue weighted by Gasteiger charge is -2.18. The topological polar surface area (TPSA) is 91.2 Å². The quantitative estimate of drug-likeness (QED) is 0.556. The number of ether oxygens (including phenoxy) is 2. The zero-order valence-electron chi connectivity index (χ0n) is 19.4. The van der Waals surface area contributed by atoms with Crippen LogP contribution < -0.4 is 5.32 Å². The molecule has 6 rings (SSSR count). The van der Waals surface area contributed by atoms with Crippen LogP contribution in [-0.2, 0) is 9.47 Å². The molecule has 0 bridgehead atoms. The molecular weight excluding hydrogens is 442 g/mol. The summed E-state index contributed by atoms with van der Waals surface area (Å²) in [6.45, 7) is 2.00. The van der Waals surface area contributed by atoms with Gasteiger partial charge in [-0.05, 0) is 50.3 Å². The van der Waals surface area contributed by atoms with E-state index in [0.29, 0.717) is 40.6 Å². The van der Waals surface area contributed by atoms with E-state index in [1.54, 1.807) is 12.6 Å². The molecule has 0 unspecified atom stereocenters. The first-order valence-corrected chi connectivity index (χ1v) is 11.8. The number of nitrogens with one attached hydrogen (secondary N) is 1. The summed E-state index contributed by atoms with van der Waals surface area (Å²) in [6, 6.07) is 5.97. The Kier molecular flexibility index (Phi) is 5.41. The van der Waals surface area contributed by atoms with Gasteiger partial charge in [-0.2, -0.15) is 0 Å². The molecule has 3 aromatic rings. The second-order valence-corrected chi connectivity index (χ2v) is 9.03. The molecule has 2 aliphatic carbocycles. The number of amides is 1. The molecule has 0 saturated heterocycles. The average molecular weight is 468 g/mol. The predicted molar refractivity (Wildman–Crippen MR) is 131 cm³/mol. The minimum absolute atomic E-state index is 0.0608. The Morgan fingerprint density at radius 2 is 2.11 bits per heavy atom. The van der Waals surface area contributed by atoms with E-state index in [4.69, 9.17) is 9.47 Å². The first-order chi connectivity index (χ1) is 17.2. The van der Waals surface area contributed by atoms with Crippen LogP contribution in [0.25, 0.3) is 22.6 Å². The molecule has 0 atom stereocenters. The van der Waals surface area contributed by atoms with Crippen molar-refractivity contribution in [2.24, 2.45) is 0 Å². The van der Waals surface area contributed by atoms with Crippen LogP contribution in [0.2, 0.25) is 0 Å². The van der Waals surface area contributed by atoms with Crippen molar-refractivity contribution in [3.05, 3.63) is 89.8 Å². The molecule has 0 spiro atoms. The summed E-state index contributed by atoms with van der Waals surface area (Å²) >= 11 is 0. The van der Waals surface area contributed by atoms with Gasteiger partial charge < -0.3 is 14.8 Å². The van der Waals surface area contributed by atoms with Crippen molar-refractivity contribution in [2.75, 3.05) is 0 Å². The van der Waals surface area contributed by atoms with Crippen molar-refractivity contribution >= 4 is 22.8 Å². The third-order valence-electron chi connectivity index (χ3n) is 6.33. The molecule has 2 aromatic heterocycles. The summed E-state index contributed by atoms with van der Waals surface area (Å²) in [7, 11) is 0. The largest absolute Gasteiger partial charge is 0.465 e. The number of rotatable bonds is 6. The number of fused-ring (bicyclic) bond motifs is 1. The molecule has 1 N–H and O–H groups in total. The summed E-state index contributed by atoms with van der Waals surface area (Å²) < 4.78 is 13.6. The average Bonchev–Trinajstić information content (AvgIpc) is 3.60. The zero-order valence-corrected chi connectivity index (χ0v) is 19.4. The van der Waals surface area contributed by atoms with Crippen molar-refractivity contribution in [3.8, 4) is 5.69 Å². The molecule has 1 aromatic carbocycles. The maximum absolute atomic E-state index is 12.6. The number of benzene rings is 1. The van der Waals surface area contributed by atoms with Gasteiger partial charge in [-0.15, -0.1) is 0 Å². The summed E-state index contributed by atoms with van der Waals surface area (Å²) in [5.74, 6) is 1.15. The molecule has 3 heterocycles. The van der Waals surface area contributed by atoms with Crippen LogP contribution in [0.4, 0.5) is 0 Å². The Morgan fingerprint density at radius 1 is 1.20 bits per heavy atom. The molecule has 1 saturated carbocycles. The highest BCUT2D eigenvalue weighted by Gasteiger charge is 2.25. The van der Waals surface area contributed by atoms with E-state index < -0.39 is 0 Å². The van der Waals surface area contributed by atoms with E-state index in [1.165, 1.54) is 18.2 Å². The van der Waals surface area contributed by atoms with Gasteiger partial charge in [-0.25, -0.2) is 15.0 Å². The Hall–Kier alpha value is -4.20. The molecule has 0 radical (unpaired) electrons. The van der Waals surface area contributed by atoms with Crippen molar-refractivity contribution in [1.29, 1.82) is 0 Å². The molecule has 3 aliphatic rings. The highest BCUT2D eigenvalue weighted by atomic mass is 16.5. The number of imidazole rings is 1. The van der Waals surface area contributed by atoms with E-state index in [0.717, 1.165) is 42.7 Å². The van der Waals surface area contributed by atoms with Crippen LogP contribution in [0.15, 0.2) is 72.9 Å². The molecule has 8 heteroatoms. The van der Waals surface area contributed by atoms with Crippen molar-refractivity contribution < 1.29 is 14.3 Å². The third kappa shape index (κ3) is 4.35. The number of carbonyl (C=O) groups is 1. The minimum Gasteiger partial charge on any atom is -0.465 e. The van der Waals surface area contributed by atoms with Crippen LogP contribution >= 0.6 is 0 Å². The van der Waals surface area contributed by atoms with Crippen LogP contribution in [-0.4, -0.2) is 31.5 Å². The van der Waals surface area contributed by atoms with E-state index in [-0.39, 0.29) is 5.91 Å². The van der Waals surface area contributed by atoms with Crippen LogP contribution in [0, 0.1) is 6.92 Å². The van der Waals surface area contributed by atoms with E-state index >= 15 is 0 Å². The third-order valence-corrected chi connectivity index (χ3v) is 6.33. The summed E-state index contributed by atoms with van der Waals surface area (Å²) in [6.07, 6.45) is 17.5. The van der Waals surface area contributed by atoms with Crippen LogP contribution in [0.3, 0.4) is 0 Å². The van der Waals surface area contributed by atoms with Gasteiger partial charge in [-0.1, -0.05) is 29.9 Å².